The molecule has 1 aliphatic carbocycles. The van der Waals surface area contributed by atoms with Gasteiger partial charge in [0.25, 0.3) is 0 Å². The van der Waals surface area contributed by atoms with E-state index in [1.54, 1.807) is 7.11 Å². The van der Waals surface area contributed by atoms with Crippen LogP contribution < -0.4 is 10.5 Å². The van der Waals surface area contributed by atoms with Crippen molar-refractivity contribution in [2.75, 3.05) is 7.11 Å². The third-order valence-corrected chi connectivity index (χ3v) is 6.33. The summed E-state index contributed by atoms with van der Waals surface area (Å²) in [6.45, 7) is 2.11. The molecule has 1 unspecified atom stereocenters. The van der Waals surface area contributed by atoms with Crippen LogP contribution in [0.4, 0.5) is 4.39 Å². The molecule has 1 fully saturated rings. The number of halogens is 2. The minimum absolute atomic E-state index is 0.0474. The number of methoxy groups -OCH3 is 1. The van der Waals surface area contributed by atoms with Crippen LogP contribution in [0.25, 0.3) is 0 Å². The molecule has 0 saturated heterocycles. The highest BCUT2D eigenvalue weighted by molar-refractivity contribution is 9.10. The van der Waals surface area contributed by atoms with E-state index in [1.807, 2.05) is 18.2 Å². The monoisotopic (exact) mass is 394 g/mol. The average molecular weight is 395 g/mol. The third kappa shape index (κ3) is 2.02. The maximum Gasteiger partial charge on any atom is 0.163 e. The first-order chi connectivity index (χ1) is 11.3. The fourth-order valence-electron chi connectivity index (χ4n) is 4.20. The Labute approximate surface area is 149 Å². The van der Waals surface area contributed by atoms with E-state index in [1.165, 1.54) is 6.08 Å². The number of nitrogens with two attached hydrogens (primary N) is 1. The number of aliphatic imine (C=N–C) groups is 1. The number of rotatable bonds is 1. The number of hydrogen-bond acceptors (Lipinski definition) is 4. The zero-order valence-electron chi connectivity index (χ0n) is 13.7. The third-order valence-electron chi connectivity index (χ3n) is 5.84. The molecule has 2 aliphatic heterocycles. The highest BCUT2D eigenvalue weighted by atomic mass is 79.9. The lowest BCUT2D eigenvalue weighted by Crippen LogP contribution is -2.54. The number of fused-ring (bicyclic) bond motifs is 3. The molecule has 2 spiro atoms. The molecule has 2 N–H and O–H groups in total. The van der Waals surface area contributed by atoms with Gasteiger partial charge in [0.15, 0.2) is 17.2 Å². The van der Waals surface area contributed by atoms with Gasteiger partial charge in [-0.3, -0.25) is 0 Å². The number of amidine groups is 1. The number of nitrogens with zero attached hydrogens (tertiary/aromatic N) is 1. The zero-order chi connectivity index (χ0) is 17.2. The fraction of sp³-hybridized carbons (Fsp3) is 0.500. The summed E-state index contributed by atoms with van der Waals surface area (Å²) in [7, 11) is 1.74. The normalized spacial score (nSPS) is 37.3. The van der Waals surface area contributed by atoms with Crippen LogP contribution in [0.1, 0.15) is 38.2 Å². The molecule has 4 nitrogen and oxygen atoms in total. The van der Waals surface area contributed by atoms with Crippen molar-refractivity contribution >= 4 is 21.8 Å². The van der Waals surface area contributed by atoms with Crippen LogP contribution in [-0.4, -0.2) is 24.1 Å². The molecule has 0 aromatic heterocycles. The van der Waals surface area contributed by atoms with Crippen molar-refractivity contribution in [3.63, 3.8) is 0 Å². The summed E-state index contributed by atoms with van der Waals surface area (Å²) in [6.07, 6.45) is 4.64. The zero-order valence-corrected chi connectivity index (χ0v) is 15.3. The van der Waals surface area contributed by atoms with E-state index >= 15 is 0 Å². The quantitative estimate of drug-likeness (QED) is 0.783. The van der Waals surface area contributed by atoms with Crippen LogP contribution in [0.2, 0.25) is 0 Å². The van der Waals surface area contributed by atoms with Crippen LogP contribution in [-0.2, 0) is 10.3 Å². The van der Waals surface area contributed by atoms with Gasteiger partial charge in [-0.2, -0.15) is 0 Å². The van der Waals surface area contributed by atoms with Gasteiger partial charge >= 0.3 is 0 Å². The second kappa shape index (κ2) is 5.05. The minimum Gasteiger partial charge on any atom is -0.484 e. The Morgan fingerprint density at radius 3 is 2.58 bits per heavy atom. The Kier molecular flexibility index (Phi) is 3.39. The number of hydrogen-bond donors (Lipinski definition) is 1. The molecule has 2 heterocycles. The Morgan fingerprint density at radius 2 is 2.00 bits per heavy atom. The SMILES string of the molecule is COC1(C)CCC2(CC1)Oc1cc(Br)ccc1C21C=C(F)C(N)=N1. The van der Waals surface area contributed by atoms with Crippen molar-refractivity contribution in [2.45, 2.75) is 49.3 Å². The van der Waals surface area contributed by atoms with Crippen LogP contribution in [0.15, 0.2) is 39.6 Å². The average Bonchev–Trinajstić information content (AvgIpc) is 2.98. The molecule has 6 heteroatoms. The van der Waals surface area contributed by atoms with Gasteiger partial charge < -0.3 is 15.2 Å². The molecule has 1 aromatic carbocycles. The summed E-state index contributed by atoms with van der Waals surface area (Å²) < 4.78 is 27.3. The second-order valence-corrected chi connectivity index (χ2v) is 8.06. The fourth-order valence-corrected chi connectivity index (χ4v) is 4.54. The van der Waals surface area contributed by atoms with Crippen molar-refractivity contribution in [3.8, 4) is 5.75 Å². The van der Waals surface area contributed by atoms with Gasteiger partial charge in [0, 0.05) is 17.1 Å². The summed E-state index contributed by atoms with van der Waals surface area (Å²) in [5.74, 6) is 0.232. The summed E-state index contributed by atoms with van der Waals surface area (Å²) in [4.78, 5) is 4.57. The van der Waals surface area contributed by atoms with E-state index in [2.05, 4.69) is 27.8 Å². The van der Waals surface area contributed by atoms with Crippen molar-refractivity contribution in [1.29, 1.82) is 0 Å². The Morgan fingerprint density at radius 1 is 1.29 bits per heavy atom. The molecule has 0 radical (unpaired) electrons. The highest BCUT2D eigenvalue weighted by Crippen LogP contribution is 2.60. The predicted molar refractivity (Wildman–Crippen MR) is 93.9 cm³/mol. The maximum atomic E-state index is 14.3. The van der Waals surface area contributed by atoms with Gasteiger partial charge in [0.1, 0.15) is 11.4 Å². The Balaban J connectivity index is 1.85. The lowest BCUT2D eigenvalue weighted by molar-refractivity contribution is -0.0900. The van der Waals surface area contributed by atoms with Gasteiger partial charge in [-0.1, -0.05) is 22.0 Å². The standard InChI is InChI=1S/C18H20BrFN2O2/c1-16(23-2)5-7-17(8-6-16)18(10-13(20)15(21)22-18)12-4-3-11(19)9-14(12)24-17/h3-4,9-10H,5-8H2,1-2H3,(H2,21,22). The Hall–Kier alpha value is -1.40. The maximum absolute atomic E-state index is 14.3. The van der Waals surface area contributed by atoms with Crippen molar-refractivity contribution in [1.82, 2.24) is 0 Å². The van der Waals surface area contributed by atoms with Gasteiger partial charge in [0.2, 0.25) is 0 Å². The molecule has 0 amide bonds. The smallest absolute Gasteiger partial charge is 0.163 e. The molecule has 128 valence electrons. The molecule has 4 rings (SSSR count). The molecule has 1 saturated carbocycles. The molecular weight excluding hydrogens is 375 g/mol. The summed E-state index contributed by atoms with van der Waals surface area (Å²) in [6, 6.07) is 5.80. The number of benzene rings is 1. The van der Waals surface area contributed by atoms with E-state index in [0.29, 0.717) is 0 Å². The first kappa shape index (κ1) is 16.1. The van der Waals surface area contributed by atoms with Crippen LogP contribution in [0.5, 0.6) is 5.75 Å². The van der Waals surface area contributed by atoms with Crippen LogP contribution in [0, 0.1) is 0 Å². The first-order valence-electron chi connectivity index (χ1n) is 8.11. The molecule has 1 aromatic rings. The predicted octanol–water partition coefficient (Wildman–Crippen LogP) is 3.98. The first-order valence-corrected chi connectivity index (χ1v) is 8.91. The van der Waals surface area contributed by atoms with Gasteiger partial charge in [-0.05, 0) is 50.8 Å². The molecule has 1 atom stereocenters. The van der Waals surface area contributed by atoms with E-state index in [0.717, 1.165) is 41.5 Å². The van der Waals surface area contributed by atoms with Gasteiger partial charge in [-0.25, -0.2) is 9.38 Å². The van der Waals surface area contributed by atoms with Crippen LogP contribution in [0.3, 0.4) is 0 Å². The van der Waals surface area contributed by atoms with E-state index < -0.39 is 17.0 Å². The molecule has 0 bridgehead atoms. The van der Waals surface area contributed by atoms with E-state index in [4.69, 9.17) is 15.2 Å². The van der Waals surface area contributed by atoms with Gasteiger partial charge in [0.05, 0.1) is 5.60 Å². The molecule has 24 heavy (non-hydrogen) atoms. The van der Waals surface area contributed by atoms with E-state index in [9.17, 15) is 4.39 Å². The summed E-state index contributed by atoms with van der Waals surface area (Å²) in [5, 5.41) is 0. The minimum atomic E-state index is -0.883. The lowest BCUT2D eigenvalue weighted by Gasteiger charge is -2.46. The largest absolute Gasteiger partial charge is 0.484 e. The molecule has 3 aliphatic rings. The Bertz CT molecular complexity index is 748. The van der Waals surface area contributed by atoms with Crippen molar-refractivity contribution < 1.29 is 13.9 Å². The summed E-state index contributed by atoms with van der Waals surface area (Å²) >= 11 is 3.48. The van der Waals surface area contributed by atoms with Crippen molar-refractivity contribution in [3.05, 3.63) is 40.1 Å². The lowest BCUT2D eigenvalue weighted by atomic mass is 9.66. The molecular formula is C18H20BrFN2O2. The summed E-state index contributed by atoms with van der Waals surface area (Å²) in [5.41, 5.74) is 5.00. The van der Waals surface area contributed by atoms with E-state index in [-0.39, 0.29) is 11.4 Å². The van der Waals surface area contributed by atoms with Gasteiger partial charge in [-0.15, -0.1) is 0 Å². The second-order valence-electron chi connectivity index (χ2n) is 7.15. The number of ether oxygens (including phenoxy) is 2. The topological polar surface area (TPSA) is 56.8 Å². The van der Waals surface area contributed by atoms with Crippen LogP contribution >= 0.6 is 15.9 Å². The highest BCUT2D eigenvalue weighted by Gasteiger charge is 2.63. The van der Waals surface area contributed by atoms with Crippen molar-refractivity contribution in [2.24, 2.45) is 10.7 Å².